The summed E-state index contributed by atoms with van der Waals surface area (Å²) in [6, 6.07) is 3.22. The van der Waals surface area contributed by atoms with Crippen molar-refractivity contribution in [3.05, 3.63) is 24.5 Å². The Hall–Kier alpha value is -1.56. The molecule has 0 saturated heterocycles. The van der Waals surface area contributed by atoms with Crippen LogP contribution in [-0.4, -0.2) is 29.6 Å². The lowest BCUT2D eigenvalue weighted by Gasteiger charge is -1.92. The summed E-state index contributed by atoms with van der Waals surface area (Å²) < 4.78 is 23.4. The summed E-state index contributed by atoms with van der Waals surface area (Å²) in [7, 11) is -3.35. The average molecular weight is 212 g/mol. The molecule has 0 aromatic carbocycles. The summed E-state index contributed by atoms with van der Waals surface area (Å²) in [4.78, 5) is 3.95. The maximum atomic E-state index is 11.3. The first kappa shape index (κ1) is 9.01. The second kappa shape index (κ2) is 2.71. The van der Waals surface area contributed by atoms with Gasteiger partial charge in [0.25, 0.3) is 0 Å². The van der Waals surface area contributed by atoms with Crippen LogP contribution >= 0.6 is 0 Å². The second-order valence-electron chi connectivity index (χ2n) is 2.98. The van der Waals surface area contributed by atoms with Crippen LogP contribution in [0.3, 0.4) is 0 Å². The molecule has 2 heterocycles. The van der Waals surface area contributed by atoms with Crippen LogP contribution < -0.4 is 0 Å². The summed E-state index contributed by atoms with van der Waals surface area (Å²) in [5.74, 6) is 0. The Balaban J connectivity index is 2.93. The molecule has 0 radical (unpaired) electrons. The third-order valence-corrected chi connectivity index (χ3v) is 3.00. The summed E-state index contributed by atoms with van der Waals surface area (Å²) in [6.45, 7) is 0. The molecule has 0 atom stereocenters. The number of sulfone groups is 1. The highest BCUT2D eigenvalue weighted by atomic mass is 32.2. The van der Waals surface area contributed by atoms with E-state index in [4.69, 9.17) is 0 Å². The standard InChI is InChI=1S/C8H8N2O3S/c1-14(12,13)7-5-10(11)6-3-2-4-9-8(6)7/h2-5,11H,1H3. The fraction of sp³-hybridized carbons (Fsp3) is 0.125. The molecule has 0 aliphatic heterocycles. The first-order valence-corrected chi connectivity index (χ1v) is 5.74. The normalized spacial score (nSPS) is 12.1. The molecule has 14 heavy (non-hydrogen) atoms. The van der Waals surface area contributed by atoms with Gasteiger partial charge in [-0.05, 0) is 12.1 Å². The smallest absolute Gasteiger partial charge is 0.179 e. The molecule has 0 unspecified atom stereocenters. The van der Waals surface area contributed by atoms with E-state index in [1.165, 1.54) is 6.20 Å². The van der Waals surface area contributed by atoms with Crippen LogP contribution in [0.1, 0.15) is 0 Å². The molecule has 5 nitrogen and oxygen atoms in total. The van der Waals surface area contributed by atoms with Crippen LogP contribution in [0.4, 0.5) is 0 Å². The highest BCUT2D eigenvalue weighted by Crippen LogP contribution is 2.21. The largest absolute Gasteiger partial charge is 0.428 e. The Bertz CT molecular complexity index is 586. The minimum Gasteiger partial charge on any atom is -0.428 e. The van der Waals surface area contributed by atoms with Crippen molar-refractivity contribution in [2.24, 2.45) is 0 Å². The van der Waals surface area contributed by atoms with Crippen molar-refractivity contribution in [1.29, 1.82) is 0 Å². The zero-order valence-electron chi connectivity index (χ0n) is 7.38. The molecule has 6 heteroatoms. The molecule has 0 aliphatic rings. The molecular formula is C8H8N2O3S. The van der Waals surface area contributed by atoms with Crippen LogP contribution in [0.15, 0.2) is 29.4 Å². The number of rotatable bonds is 1. The van der Waals surface area contributed by atoms with E-state index in [-0.39, 0.29) is 10.4 Å². The van der Waals surface area contributed by atoms with Crippen molar-refractivity contribution in [3.8, 4) is 0 Å². The zero-order valence-corrected chi connectivity index (χ0v) is 8.19. The third-order valence-electron chi connectivity index (χ3n) is 1.91. The average Bonchev–Trinajstić information content (AvgIpc) is 2.44. The van der Waals surface area contributed by atoms with Gasteiger partial charge in [0.2, 0.25) is 0 Å². The zero-order chi connectivity index (χ0) is 10.3. The van der Waals surface area contributed by atoms with Crippen molar-refractivity contribution >= 4 is 20.9 Å². The molecule has 2 aromatic heterocycles. The molecule has 1 N–H and O–H groups in total. The van der Waals surface area contributed by atoms with Gasteiger partial charge in [-0.15, -0.1) is 0 Å². The molecule has 0 aliphatic carbocycles. The maximum Gasteiger partial charge on any atom is 0.179 e. The van der Waals surface area contributed by atoms with Gasteiger partial charge in [-0.25, -0.2) is 8.42 Å². The van der Waals surface area contributed by atoms with E-state index < -0.39 is 9.84 Å². The molecule has 0 saturated carbocycles. The van der Waals surface area contributed by atoms with E-state index in [0.717, 1.165) is 17.2 Å². The van der Waals surface area contributed by atoms with Crippen molar-refractivity contribution in [2.75, 3.05) is 6.26 Å². The first-order valence-electron chi connectivity index (χ1n) is 3.85. The topological polar surface area (TPSA) is 72.2 Å². The summed E-state index contributed by atoms with van der Waals surface area (Å²) in [6.07, 6.45) is 3.71. The van der Waals surface area contributed by atoms with Gasteiger partial charge in [0.15, 0.2) is 9.84 Å². The molecule has 2 aromatic rings. The number of aromatic nitrogens is 2. The van der Waals surface area contributed by atoms with Crippen molar-refractivity contribution in [1.82, 2.24) is 9.71 Å². The summed E-state index contributed by atoms with van der Waals surface area (Å²) in [5, 5.41) is 9.37. The van der Waals surface area contributed by atoms with Crippen molar-refractivity contribution in [2.45, 2.75) is 4.90 Å². The molecule has 74 valence electrons. The molecular weight excluding hydrogens is 204 g/mol. The first-order chi connectivity index (χ1) is 6.50. The minimum atomic E-state index is -3.35. The lowest BCUT2D eigenvalue weighted by molar-refractivity contribution is 0.199. The van der Waals surface area contributed by atoms with E-state index in [9.17, 15) is 13.6 Å². The summed E-state index contributed by atoms with van der Waals surface area (Å²) in [5.41, 5.74) is 0.672. The van der Waals surface area contributed by atoms with Gasteiger partial charge in [-0.3, -0.25) is 4.98 Å². The van der Waals surface area contributed by atoms with Gasteiger partial charge in [-0.2, -0.15) is 4.73 Å². The quantitative estimate of drug-likeness (QED) is 0.705. The highest BCUT2D eigenvalue weighted by Gasteiger charge is 2.17. The monoisotopic (exact) mass is 212 g/mol. The van der Waals surface area contributed by atoms with Crippen LogP contribution in [0.25, 0.3) is 11.0 Å². The van der Waals surface area contributed by atoms with Gasteiger partial charge in [0, 0.05) is 12.5 Å². The minimum absolute atomic E-state index is 0.0376. The third kappa shape index (κ3) is 1.24. The predicted molar refractivity (Wildman–Crippen MR) is 50.0 cm³/mol. The Kier molecular flexibility index (Phi) is 1.75. The molecule has 0 spiro atoms. The number of nitrogens with zero attached hydrogens (tertiary/aromatic N) is 2. The van der Waals surface area contributed by atoms with Crippen LogP contribution in [-0.2, 0) is 9.84 Å². The Morgan fingerprint density at radius 1 is 1.50 bits per heavy atom. The van der Waals surface area contributed by atoms with Crippen molar-refractivity contribution < 1.29 is 13.6 Å². The Labute approximate surface area is 80.5 Å². The predicted octanol–water partition coefficient (Wildman–Crippen LogP) is 0.677. The van der Waals surface area contributed by atoms with Gasteiger partial charge in [-0.1, -0.05) is 0 Å². The molecule has 0 bridgehead atoms. The van der Waals surface area contributed by atoms with Gasteiger partial charge < -0.3 is 5.21 Å². The maximum absolute atomic E-state index is 11.3. The van der Waals surface area contributed by atoms with E-state index in [1.54, 1.807) is 12.1 Å². The SMILES string of the molecule is CS(=O)(=O)c1cn(O)c2cccnc12. The Morgan fingerprint density at radius 2 is 2.21 bits per heavy atom. The molecule has 2 rings (SSSR count). The number of fused-ring (bicyclic) bond motifs is 1. The van der Waals surface area contributed by atoms with E-state index in [2.05, 4.69) is 4.98 Å². The number of hydrogen-bond acceptors (Lipinski definition) is 4. The number of pyridine rings is 1. The highest BCUT2D eigenvalue weighted by molar-refractivity contribution is 7.91. The molecule has 0 amide bonds. The van der Waals surface area contributed by atoms with Gasteiger partial charge in [0.05, 0.1) is 6.20 Å². The van der Waals surface area contributed by atoms with E-state index in [0.29, 0.717) is 5.52 Å². The fourth-order valence-electron chi connectivity index (χ4n) is 1.28. The Morgan fingerprint density at radius 3 is 2.86 bits per heavy atom. The van der Waals surface area contributed by atoms with Crippen LogP contribution in [0.5, 0.6) is 0 Å². The second-order valence-corrected chi connectivity index (χ2v) is 4.97. The van der Waals surface area contributed by atoms with Gasteiger partial charge >= 0.3 is 0 Å². The van der Waals surface area contributed by atoms with Crippen molar-refractivity contribution in [3.63, 3.8) is 0 Å². The van der Waals surface area contributed by atoms with E-state index in [1.807, 2.05) is 0 Å². The lowest BCUT2D eigenvalue weighted by atomic mass is 10.4. The summed E-state index contributed by atoms with van der Waals surface area (Å²) >= 11 is 0. The van der Waals surface area contributed by atoms with Crippen LogP contribution in [0.2, 0.25) is 0 Å². The fourth-order valence-corrected chi connectivity index (χ4v) is 2.08. The van der Waals surface area contributed by atoms with Gasteiger partial charge in [0.1, 0.15) is 15.9 Å². The lowest BCUT2D eigenvalue weighted by Crippen LogP contribution is -1.96. The number of hydrogen-bond donors (Lipinski definition) is 1. The molecule has 0 fully saturated rings. The van der Waals surface area contributed by atoms with Crippen LogP contribution in [0, 0.1) is 0 Å². The van der Waals surface area contributed by atoms with E-state index >= 15 is 0 Å².